The van der Waals surface area contributed by atoms with Gasteiger partial charge in [0.1, 0.15) is 18.1 Å². The normalized spacial score (nSPS) is 21.8. The molecule has 2 aromatic rings. The minimum Gasteiger partial charge on any atom is -0.496 e. The molecule has 0 bridgehead atoms. The van der Waals surface area contributed by atoms with Crippen molar-refractivity contribution in [2.45, 2.75) is 26.0 Å². The smallest absolute Gasteiger partial charge is 0.259 e. The first-order valence-corrected chi connectivity index (χ1v) is 11.1. The average Bonchev–Trinajstić information content (AvgIpc) is 2.83. The van der Waals surface area contributed by atoms with Crippen LogP contribution in [0.2, 0.25) is 0 Å². The second-order valence-corrected chi connectivity index (χ2v) is 8.42. The molecule has 0 saturated carbocycles. The van der Waals surface area contributed by atoms with Gasteiger partial charge in [-0.2, -0.15) is 0 Å². The lowest BCUT2D eigenvalue weighted by Gasteiger charge is -2.30. The highest BCUT2D eigenvalue weighted by atomic mass is 16.5. The number of carbonyl (C=O) groups is 2. The number of nitrogens with zero attached hydrogens (tertiary/aromatic N) is 1. The van der Waals surface area contributed by atoms with Crippen LogP contribution in [-0.4, -0.2) is 69.8 Å². The van der Waals surface area contributed by atoms with E-state index in [4.69, 9.17) is 14.2 Å². The van der Waals surface area contributed by atoms with Crippen LogP contribution in [0.25, 0.3) is 0 Å². The van der Waals surface area contributed by atoms with Crippen molar-refractivity contribution in [2.24, 2.45) is 5.92 Å². The summed E-state index contributed by atoms with van der Waals surface area (Å²) in [7, 11) is 4.94. The molecule has 178 valence electrons. The van der Waals surface area contributed by atoms with Crippen molar-refractivity contribution >= 4 is 17.5 Å². The van der Waals surface area contributed by atoms with E-state index in [0.29, 0.717) is 41.5 Å². The number of fused-ring (bicyclic) bond motifs is 1. The van der Waals surface area contributed by atoms with Gasteiger partial charge in [0.15, 0.2) is 0 Å². The number of amides is 2. The maximum atomic E-state index is 13.2. The molecule has 0 saturated heterocycles. The Morgan fingerprint density at radius 1 is 1.18 bits per heavy atom. The Balaban J connectivity index is 1.88. The lowest BCUT2D eigenvalue weighted by atomic mass is 10.0. The van der Waals surface area contributed by atoms with E-state index in [9.17, 15) is 9.59 Å². The zero-order chi connectivity index (χ0) is 24.0. The molecular formula is C25H33N3O5. The highest BCUT2D eigenvalue weighted by Gasteiger charge is 2.25. The van der Waals surface area contributed by atoms with Crippen molar-refractivity contribution in [3.05, 3.63) is 53.6 Å². The van der Waals surface area contributed by atoms with Gasteiger partial charge in [-0.1, -0.05) is 19.1 Å². The first kappa shape index (κ1) is 24.5. The van der Waals surface area contributed by atoms with Gasteiger partial charge >= 0.3 is 0 Å². The number of nitrogens with one attached hydrogen (secondary N) is 2. The lowest BCUT2D eigenvalue weighted by molar-refractivity contribution is 0.0281. The van der Waals surface area contributed by atoms with Crippen molar-refractivity contribution in [1.82, 2.24) is 10.2 Å². The van der Waals surface area contributed by atoms with Crippen LogP contribution in [0.4, 0.5) is 5.69 Å². The Labute approximate surface area is 195 Å². The van der Waals surface area contributed by atoms with E-state index in [2.05, 4.69) is 17.6 Å². The lowest BCUT2D eigenvalue weighted by Crippen LogP contribution is -2.44. The van der Waals surface area contributed by atoms with Gasteiger partial charge in [-0.15, -0.1) is 0 Å². The molecule has 0 fully saturated rings. The largest absolute Gasteiger partial charge is 0.496 e. The van der Waals surface area contributed by atoms with Crippen molar-refractivity contribution < 1.29 is 23.8 Å². The van der Waals surface area contributed by atoms with E-state index in [-0.39, 0.29) is 29.9 Å². The fraction of sp³-hybridized carbons (Fsp3) is 0.440. The Hall–Kier alpha value is -3.10. The zero-order valence-corrected chi connectivity index (χ0v) is 19.9. The predicted octanol–water partition coefficient (Wildman–Crippen LogP) is 3.04. The maximum Gasteiger partial charge on any atom is 0.259 e. The molecule has 0 aromatic heterocycles. The molecule has 2 N–H and O–H groups in total. The molecule has 2 amide bonds. The van der Waals surface area contributed by atoms with Gasteiger partial charge in [0, 0.05) is 45.0 Å². The summed E-state index contributed by atoms with van der Waals surface area (Å²) in [4.78, 5) is 27.7. The molecule has 3 rings (SSSR count). The van der Waals surface area contributed by atoms with Gasteiger partial charge in [0.2, 0.25) is 0 Å². The van der Waals surface area contributed by atoms with Crippen LogP contribution < -0.4 is 20.1 Å². The highest BCUT2D eigenvalue weighted by Crippen LogP contribution is 2.27. The Bertz CT molecular complexity index is 980. The van der Waals surface area contributed by atoms with E-state index >= 15 is 0 Å². The van der Waals surface area contributed by atoms with E-state index in [0.717, 1.165) is 6.54 Å². The van der Waals surface area contributed by atoms with E-state index in [1.165, 1.54) is 7.11 Å². The predicted molar refractivity (Wildman–Crippen MR) is 127 cm³/mol. The summed E-state index contributed by atoms with van der Waals surface area (Å²) in [6.45, 7) is 5.70. The molecule has 8 nitrogen and oxygen atoms in total. The molecule has 1 heterocycles. The average molecular weight is 456 g/mol. The fourth-order valence-electron chi connectivity index (χ4n) is 3.76. The number of benzene rings is 2. The SMILES string of the molecule is COc1ccccc1C(=O)Nc1ccc2c(c1)OC[C@H](C)NC[C@H](C)[C@H](OC)CN(C)C2=O. The second-order valence-electron chi connectivity index (χ2n) is 8.42. The van der Waals surface area contributed by atoms with Crippen molar-refractivity contribution in [3.63, 3.8) is 0 Å². The van der Waals surface area contributed by atoms with Crippen LogP contribution in [0.1, 0.15) is 34.6 Å². The first-order valence-electron chi connectivity index (χ1n) is 11.1. The summed E-state index contributed by atoms with van der Waals surface area (Å²) < 4.78 is 17.0. The summed E-state index contributed by atoms with van der Waals surface area (Å²) in [5, 5.41) is 6.33. The third-order valence-electron chi connectivity index (χ3n) is 5.84. The summed E-state index contributed by atoms with van der Waals surface area (Å²) in [5.41, 5.74) is 1.38. The molecule has 0 unspecified atom stereocenters. The topological polar surface area (TPSA) is 89.1 Å². The van der Waals surface area contributed by atoms with Crippen LogP contribution >= 0.6 is 0 Å². The molecule has 8 heteroatoms. The number of methoxy groups -OCH3 is 2. The third-order valence-corrected chi connectivity index (χ3v) is 5.84. The molecule has 1 aliphatic heterocycles. The summed E-state index contributed by atoms with van der Waals surface area (Å²) in [5.74, 6) is 0.648. The van der Waals surface area contributed by atoms with Crippen LogP contribution in [0.5, 0.6) is 11.5 Å². The maximum absolute atomic E-state index is 13.2. The highest BCUT2D eigenvalue weighted by molar-refractivity contribution is 6.06. The van der Waals surface area contributed by atoms with Crippen LogP contribution in [-0.2, 0) is 4.74 Å². The molecule has 0 aliphatic carbocycles. The molecule has 0 radical (unpaired) electrons. The number of hydrogen-bond donors (Lipinski definition) is 2. The molecule has 33 heavy (non-hydrogen) atoms. The van der Waals surface area contributed by atoms with Crippen molar-refractivity contribution in [2.75, 3.05) is 46.3 Å². The molecule has 0 spiro atoms. The molecule has 3 atom stereocenters. The summed E-state index contributed by atoms with van der Waals surface area (Å²) >= 11 is 0. The number of hydrogen-bond acceptors (Lipinski definition) is 6. The Morgan fingerprint density at radius 2 is 1.94 bits per heavy atom. The number of rotatable bonds is 4. The number of anilines is 1. The standard InChI is InChI=1S/C25H33N3O5/c1-16-13-26-17(2)15-33-22-12-18(27-24(29)19-8-6-7-9-21(19)31-4)10-11-20(22)25(30)28(3)14-23(16)32-5/h6-12,16-17,23,26H,13-15H2,1-5H3,(H,27,29)/t16-,17-,23+/m0/s1. The van der Waals surface area contributed by atoms with Crippen LogP contribution in [0.3, 0.4) is 0 Å². The number of para-hydroxylation sites is 1. The summed E-state index contributed by atoms with van der Waals surface area (Å²) in [6, 6.07) is 12.1. The van der Waals surface area contributed by atoms with E-state index in [1.54, 1.807) is 61.5 Å². The van der Waals surface area contributed by atoms with E-state index in [1.807, 2.05) is 6.92 Å². The monoisotopic (exact) mass is 455 g/mol. The third kappa shape index (κ3) is 6.03. The van der Waals surface area contributed by atoms with Crippen molar-refractivity contribution in [3.8, 4) is 11.5 Å². The van der Waals surface area contributed by atoms with Gasteiger partial charge in [-0.25, -0.2) is 0 Å². The van der Waals surface area contributed by atoms with Crippen LogP contribution in [0, 0.1) is 5.92 Å². The van der Waals surface area contributed by atoms with Gasteiger partial charge in [-0.05, 0) is 37.1 Å². The van der Waals surface area contributed by atoms with Crippen molar-refractivity contribution in [1.29, 1.82) is 0 Å². The first-order chi connectivity index (χ1) is 15.8. The number of ether oxygens (including phenoxy) is 3. The minimum atomic E-state index is -0.309. The van der Waals surface area contributed by atoms with Crippen LogP contribution in [0.15, 0.2) is 42.5 Å². The molecule has 2 aromatic carbocycles. The quantitative estimate of drug-likeness (QED) is 0.737. The Morgan fingerprint density at radius 3 is 2.67 bits per heavy atom. The molecular weight excluding hydrogens is 422 g/mol. The molecule has 1 aliphatic rings. The minimum absolute atomic E-state index is 0.0666. The van der Waals surface area contributed by atoms with E-state index < -0.39 is 0 Å². The summed E-state index contributed by atoms with van der Waals surface area (Å²) in [6.07, 6.45) is -0.0955. The number of likely N-dealkylation sites (N-methyl/N-ethyl adjacent to an activating group) is 1. The van der Waals surface area contributed by atoms with Gasteiger partial charge in [-0.3, -0.25) is 9.59 Å². The Kier molecular flexibility index (Phi) is 8.30. The van der Waals surface area contributed by atoms with Gasteiger partial charge in [0.05, 0.1) is 24.3 Å². The zero-order valence-electron chi connectivity index (χ0n) is 19.9. The van der Waals surface area contributed by atoms with Gasteiger partial charge < -0.3 is 29.7 Å². The fourth-order valence-corrected chi connectivity index (χ4v) is 3.76. The second kappa shape index (κ2) is 11.2. The van der Waals surface area contributed by atoms with Gasteiger partial charge in [0.25, 0.3) is 11.8 Å². The number of carbonyl (C=O) groups excluding carboxylic acids is 2.